The minimum atomic E-state index is -3.38. The molecule has 0 spiro atoms. The molecule has 0 saturated heterocycles. The van der Waals surface area contributed by atoms with Crippen LogP contribution in [0.1, 0.15) is 21.5 Å². The van der Waals surface area contributed by atoms with Crippen LogP contribution >= 0.6 is 23.4 Å². The first-order valence-electron chi connectivity index (χ1n) is 8.33. The summed E-state index contributed by atoms with van der Waals surface area (Å²) in [5.41, 5.74) is 2.91. The summed E-state index contributed by atoms with van der Waals surface area (Å²) in [7, 11) is -1.91. The van der Waals surface area contributed by atoms with Crippen LogP contribution in [-0.4, -0.2) is 39.9 Å². The Bertz CT molecular complexity index is 900. The zero-order valence-electron chi connectivity index (χ0n) is 15.5. The topological polar surface area (TPSA) is 66.5 Å². The van der Waals surface area contributed by atoms with E-state index in [9.17, 15) is 13.2 Å². The van der Waals surface area contributed by atoms with E-state index in [0.29, 0.717) is 17.8 Å². The van der Waals surface area contributed by atoms with Gasteiger partial charge >= 0.3 is 0 Å². The second kappa shape index (κ2) is 9.48. The molecule has 0 saturated carbocycles. The molecule has 0 aliphatic rings. The third kappa shape index (κ3) is 6.45. The molecule has 0 unspecified atom stereocenters. The highest BCUT2D eigenvalue weighted by atomic mass is 35.5. The third-order valence-corrected chi connectivity index (χ3v) is 6.50. The number of carbonyl (C=O) groups excluding carboxylic acids is 1. The van der Waals surface area contributed by atoms with Crippen molar-refractivity contribution in [2.24, 2.45) is 0 Å². The molecular formula is C19H23ClN2O3S2. The lowest BCUT2D eigenvalue weighted by Crippen LogP contribution is -2.28. The maximum Gasteiger partial charge on any atom is 0.251 e. The number of hydrogen-bond donors (Lipinski definition) is 1. The van der Waals surface area contributed by atoms with E-state index in [2.05, 4.69) is 5.32 Å². The van der Waals surface area contributed by atoms with E-state index in [1.54, 1.807) is 30.0 Å². The van der Waals surface area contributed by atoms with Gasteiger partial charge in [0, 0.05) is 35.7 Å². The summed E-state index contributed by atoms with van der Waals surface area (Å²) in [6.07, 6.45) is 1.14. The molecule has 0 aliphatic heterocycles. The van der Waals surface area contributed by atoms with Crippen LogP contribution < -0.4 is 9.62 Å². The van der Waals surface area contributed by atoms with Gasteiger partial charge in [-0.25, -0.2) is 8.42 Å². The highest BCUT2D eigenvalue weighted by Gasteiger charge is 2.16. The molecule has 0 radical (unpaired) electrons. The molecule has 27 heavy (non-hydrogen) atoms. The standard InChI is InChI=1S/C19H23ClN2O3S2/c1-14-4-7-16(12-18(14)22(2)27(3,24)25)19(23)21-10-11-26-13-15-5-8-17(20)9-6-15/h4-9,12H,10-11,13H2,1-3H3,(H,21,23). The Morgan fingerprint density at radius 1 is 1.19 bits per heavy atom. The number of sulfonamides is 1. The Kier molecular flexibility index (Phi) is 7.59. The van der Waals surface area contributed by atoms with E-state index in [1.165, 1.54) is 16.9 Å². The van der Waals surface area contributed by atoms with Gasteiger partial charge in [-0.1, -0.05) is 29.8 Å². The lowest BCUT2D eigenvalue weighted by Gasteiger charge is -2.19. The number of nitrogens with one attached hydrogen (secondary N) is 1. The Morgan fingerprint density at radius 3 is 2.48 bits per heavy atom. The molecule has 0 bridgehead atoms. The predicted octanol–water partition coefficient (Wildman–Crippen LogP) is 3.71. The zero-order valence-corrected chi connectivity index (χ0v) is 17.9. The molecule has 146 valence electrons. The Morgan fingerprint density at radius 2 is 1.85 bits per heavy atom. The first kappa shape index (κ1) is 21.6. The van der Waals surface area contributed by atoms with Crippen LogP contribution in [0.15, 0.2) is 42.5 Å². The molecule has 0 atom stereocenters. The van der Waals surface area contributed by atoms with Crippen LogP contribution in [-0.2, 0) is 15.8 Å². The number of carbonyl (C=O) groups is 1. The predicted molar refractivity (Wildman–Crippen MR) is 114 cm³/mol. The summed E-state index contributed by atoms with van der Waals surface area (Å²) in [6.45, 7) is 2.34. The van der Waals surface area contributed by atoms with Crippen molar-refractivity contribution >= 4 is 45.0 Å². The van der Waals surface area contributed by atoms with E-state index in [-0.39, 0.29) is 5.91 Å². The molecule has 1 N–H and O–H groups in total. The van der Waals surface area contributed by atoms with Gasteiger partial charge in [-0.2, -0.15) is 11.8 Å². The van der Waals surface area contributed by atoms with Crippen molar-refractivity contribution in [1.29, 1.82) is 0 Å². The Balaban J connectivity index is 1.87. The number of anilines is 1. The summed E-state index contributed by atoms with van der Waals surface area (Å²) < 4.78 is 24.7. The second-order valence-corrected chi connectivity index (χ2v) is 9.72. The molecule has 2 aromatic carbocycles. The first-order chi connectivity index (χ1) is 12.7. The van der Waals surface area contributed by atoms with Crippen LogP contribution in [0.25, 0.3) is 0 Å². The number of hydrogen-bond acceptors (Lipinski definition) is 4. The summed E-state index contributed by atoms with van der Waals surface area (Å²) in [6, 6.07) is 12.8. The molecule has 0 fully saturated rings. The minimum absolute atomic E-state index is 0.217. The van der Waals surface area contributed by atoms with E-state index in [0.717, 1.165) is 28.3 Å². The number of aryl methyl sites for hydroxylation is 1. The van der Waals surface area contributed by atoms with Crippen molar-refractivity contribution < 1.29 is 13.2 Å². The van der Waals surface area contributed by atoms with Gasteiger partial charge in [0.1, 0.15) is 0 Å². The fraction of sp³-hybridized carbons (Fsp3) is 0.316. The van der Waals surface area contributed by atoms with E-state index in [4.69, 9.17) is 11.6 Å². The zero-order chi connectivity index (χ0) is 20.0. The maximum atomic E-state index is 12.3. The van der Waals surface area contributed by atoms with Gasteiger partial charge in [0.25, 0.3) is 5.91 Å². The van der Waals surface area contributed by atoms with Gasteiger partial charge < -0.3 is 5.32 Å². The van der Waals surface area contributed by atoms with Crippen molar-refractivity contribution in [3.63, 3.8) is 0 Å². The highest BCUT2D eigenvalue weighted by Crippen LogP contribution is 2.22. The number of benzene rings is 2. The number of nitrogens with zero attached hydrogens (tertiary/aromatic N) is 1. The Hall–Kier alpha value is -1.70. The van der Waals surface area contributed by atoms with E-state index >= 15 is 0 Å². The summed E-state index contributed by atoms with van der Waals surface area (Å²) in [4.78, 5) is 12.3. The normalized spacial score (nSPS) is 11.3. The fourth-order valence-electron chi connectivity index (χ4n) is 2.38. The van der Waals surface area contributed by atoms with Crippen LogP contribution in [0.3, 0.4) is 0 Å². The lowest BCUT2D eigenvalue weighted by molar-refractivity contribution is 0.0956. The monoisotopic (exact) mass is 426 g/mol. The average molecular weight is 427 g/mol. The van der Waals surface area contributed by atoms with Crippen molar-refractivity contribution in [3.05, 3.63) is 64.2 Å². The Labute approximate surface area is 170 Å². The molecule has 2 rings (SSSR count). The number of amides is 1. The van der Waals surface area contributed by atoms with Gasteiger partial charge in [-0.05, 0) is 42.3 Å². The van der Waals surface area contributed by atoms with Crippen molar-refractivity contribution in [1.82, 2.24) is 5.32 Å². The molecule has 5 nitrogen and oxygen atoms in total. The molecule has 1 amide bonds. The fourth-order valence-corrected chi connectivity index (χ4v) is 3.88. The summed E-state index contributed by atoms with van der Waals surface area (Å²) in [5, 5.41) is 3.59. The maximum absolute atomic E-state index is 12.3. The smallest absolute Gasteiger partial charge is 0.251 e. The molecule has 0 aromatic heterocycles. The lowest BCUT2D eigenvalue weighted by atomic mass is 10.1. The third-order valence-electron chi connectivity index (χ3n) is 4.02. The van der Waals surface area contributed by atoms with Gasteiger partial charge in [0.2, 0.25) is 10.0 Å². The number of rotatable bonds is 8. The second-order valence-electron chi connectivity index (χ2n) is 6.17. The first-order valence-corrected chi connectivity index (χ1v) is 11.7. The summed E-state index contributed by atoms with van der Waals surface area (Å²) >= 11 is 7.58. The minimum Gasteiger partial charge on any atom is -0.351 e. The molecular weight excluding hydrogens is 404 g/mol. The van der Waals surface area contributed by atoms with Crippen molar-refractivity contribution in [2.75, 3.05) is 29.9 Å². The van der Waals surface area contributed by atoms with E-state index < -0.39 is 10.0 Å². The van der Waals surface area contributed by atoms with Crippen LogP contribution in [0.4, 0.5) is 5.69 Å². The average Bonchev–Trinajstić information content (AvgIpc) is 2.62. The largest absolute Gasteiger partial charge is 0.351 e. The van der Waals surface area contributed by atoms with Gasteiger partial charge in [-0.15, -0.1) is 0 Å². The van der Waals surface area contributed by atoms with E-state index in [1.807, 2.05) is 31.2 Å². The SMILES string of the molecule is Cc1ccc(C(=O)NCCSCc2ccc(Cl)cc2)cc1N(C)S(C)(=O)=O. The van der Waals surface area contributed by atoms with Crippen molar-refractivity contribution in [3.8, 4) is 0 Å². The number of halogens is 1. The van der Waals surface area contributed by atoms with Gasteiger partial charge in [0.15, 0.2) is 0 Å². The van der Waals surface area contributed by atoms with Crippen molar-refractivity contribution in [2.45, 2.75) is 12.7 Å². The summed E-state index contributed by atoms with van der Waals surface area (Å²) in [5.74, 6) is 1.40. The number of thioether (sulfide) groups is 1. The van der Waals surface area contributed by atoms with Crippen LogP contribution in [0.5, 0.6) is 0 Å². The molecule has 0 heterocycles. The molecule has 8 heteroatoms. The van der Waals surface area contributed by atoms with Gasteiger partial charge in [0.05, 0.1) is 11.9 Å². The quantitative estimate of drug-likeness (QED) is 0.653. The van der Waals surface area contributed by atoms with Crippen LogP contribution in [0.2, 0.25) is 5.02 Å². The van der Waals surface area contributed by atoms with Gasteiger partial charge in [-0.3, -0.25) is 9.10 Å². The highest BCUT2D eigenvalue weighted by molar-refractivity contribution is 7.98. The molecule has 0 aliphatic carbocycles. The molecule has 2 aromatic rings. The van der Waals surface area contributed by atoms with Crippen LogP contribution in [0, 0.1) is 6.92 Å².